The number of ether oxygens (including phenoxy) is 1. The molecular weight excluding hydrogens is 465 g/mol. The Morgan fingerprint density at radius 1 is 0.857 bits per heavy atom. The van der Waals surface area contributed by atoms with E-state index in [9.17, 15) is 9.90 Å². The Bertz CT molecular complexity index is 1450. The van der Waals surface area contributed by atoms with Gasteiger partial charge < -0.3 is 19.1 Å². The van der Waals surface area contributed by atoms with Crippen molar-refractivity contribution in [1.29, 1.82) is 0 Å². The first-order chi connectivity index (χ1) is 16.7. The summed E-state index contributed by atoms with van der Waals surface area (Å²) in [6.45, 7) is 0.549. The molecule has 0 bridgehead atoms. The Morgan fingerprint density at radius 2 is 1.71 bits per heavy atom. The van der Waals surface area contributed by atoms with Gasteiger partial charge >= 0.3 is 51.4 Å². The van der Waals surface area contributed by atoms with Gasteiger partial charge in [0.1, 0.15) is 11.3 Å². The van der Waals surface area contributed by atoms with E-state index < -0.39 is 5.97 Å². The first-order valence-electron chi connectivity index (χ1n) is 11.5. The van der Waals surface area contributed by atoms with Gasteiger partial charge in [-0.1, -0.05) is 48.5 Å². The molecule has 0 aliphatic rings. The van der Waals surface area contributed by atoms with Crippen molar-refractivity contribution >= 4 is 27.8 Å². The van der Waals surface area contributed by atoms with E-state index in [1.54, 1.807) is 0 Å². The van der Waals surface area contributed by atoms with Crippen LogP contribution in [0.2, 0.25) is 0 Å². The van der Waals surface area contributed by atoms with Gasteiger partial charge in [0.2, 0.25) is 5.89 Å². The van der Waals surface area contributed by atoms with Gasteiger partial charge in [-0.3, -0.25) is 0 Å². The van der Waals surface area contributed by atoms with Crippen LogP contribution in [0.4, 0.5) is 0 Å². The number of hydrogen-bond acceptors (Lipinski definition) is 5. The van der Waals surface area contributed by atoms with Crippen LogP contribution in [0.15, 0.2) is 89.3 Å². The van der Waals surface area contributed by atoms with Crippen LogP contribution in [0.1, 0.15) is 25.7 Å². The molecule has 5 rings (SSSR count). The maximum atomic E-state index is 10.5. The molecular formula is C29H24KNO4. The Morgan fingerprint density at radius 3 is 2.54 bits per heavy atom. The second-order valence-corrected chi connectivity index (χ2v) is 8.29. The predicted octanol–water partition coefficient (Wildman–Crippen LogP) is 3.01. The van der Waals surface area contributed by atoms with Crippen LogP contribution in [-0.2, 0) is 4.79 Å². The normalized spacial score (nSPS) is 10.9. The number of fused-ring (bicyclic) bond motifs is 2. The van der Waals surface area contributed by atoms with Crippen molar-refractivity contribution in [2.75, 3.05) is 6.61 Å². The molecule has 0 spiro atoms. The molecule has 1 aromatic heterocycles. The quantitative estimate of drug-likeness (QED) is 0.235. The molecule has 0 aliphatic carbocycles. The fraction of sp³-hybridized carbons (Fsp3) is 0.172. The minimum absolute atomic E-state index is 0. The van der Waals surface area contributed by atoms with Crippen LogP contribution in [0.5, 0.6) is 5.75 Å². The van der Waals surface area contributed by atoms with Gasteiger partial charge in [-0.05, 0) is 84.0 Å². The van der Waals surface area contributed by atoms with Gasteiger partial charge in [-0.25, -0.2) is 4.98 Å². The molecule has 0 radical (unpaired) electrons. The van der Waals surface area contributed by atoms with E-state index in [2.05, 4.69) is 24.3 Å². The standard InChI is InChI=1S/C29H25NO4.K/c31-28(32)12-5-2-6-17-33-23-14-15-24-22(18-23)10-7-11-25(24)29-30-26-19-21(13-16-27(26)34-29)20-8-3-1-4-9-20;/h1,3-4,7-11,13-16,18-19H,2,5-6,12,17H2,(H,31,32);/q;+1/p-1. The van der Waals surface area contributed by atoms with Crippen LogP contribution in [0.25, 0.3) is 44.5 Å². The second kappa shape index (κ2) is 12.0. The summed E-state index contributed by atoms with van der Waals surface area (Å²) in [5.41, 5.74) is 4.76. The van der Waals surface area contributed by atoms with Crippen molar-refractivity contribution in [3.63, 3.8) is 0 Å². The van der Waals surface area contributed by atoms with Crippen LogP contribution >= 0.6 is 0 Å². The minimum atomic E-state index is -0.998. The van der Waals surface area contributed by atoms with Crippen molar-refractivity contribution in [3.8, 4) is 28.3 Å². The number of rotatable bonds is 9. The number of carboxylic acid groups (broad SMARTS) is 1. The molecule has 170 valence electrons. The van der Waals surface area contributed by atoms with Crippen molar-refractivity contribution < 1.29 is 70.4 Å². The maximum Gasteiger partial charge on any atom is 1.00 e. The van der Waals surface area contributed by atoms with Gasteiger partial charge in [-0.15, -0.1) is 0 Å². The van der Waals surface area contributed by atoms with Gasteiger partial charge in [0.25, 0.3) is 0 Å². The molecule has 0 saturated carbocycles. The number of carbonyl (C=O) groups excluding carboxylic acids is 1. The van der Waals surface area contributed by atoms with Crippen LogP contribution in [0, 0.1) is 0 Å². The third-order valence-corrected chi connectivity index (χ3v) is 5.87. The van der Waals surface area contributed by atoms with E-state index in [0.29, 0.717) is 18.9 Å². The number of unbranched alkanes of at least 4 members (excludes halogenated alkanes) is 2. The average Bonchev–Trinajstić information content (AvgIpc) is 3.29. The molecule has 0 fully saturated rings. The summed E-state index contributed by atoms with van der Waals surface area (Å²) in [5, 5.41) is 12.6. The summed E-state index contributed by atoms with van der Waals surface area (Å²) in [7, 11) is 0. The summed E-state index contributed by atoms with van der Waals surface area (Å²) in [6, 6.07) is 28.3. The Hall–Kier alpha value is -2.48. The zero-order valence-electron chi connectivity index (χ0n) is 19.7. The van der Waals surface area contributed by atoms with Crippen LogP contribution < -0.4 is 61.2 Å². The molecule has 5 nitrogen and oxygen atoms in total. The van der Waals surface area contributed by atoms with Crippen LogP contribution in [-0.4, -0.2) is 17.6 Å². The molecule has 0 unspecified atom stereocenters. The Balaban J connectivity index is 0.00000289. The summed E-state index contributed by atoms with van der Waals surface area (Å²) in [4.78, 5) is 15.3. The zero-order valence-corrected chi connectivity index (χ0v) is 22.8. The summed E-state index contributed by atoms with van der Waals surface area (Å²) < 4.78 is 12.0. The topological polar surface area (TPSA) is 75.4 Å². The Labute approximate surface area is 246 Å². The van der Waals surface area contributed by atoms with Gasteiger partial charge in [0.15, 0.2) is 5.58 Å². The number of carbonyl (C=O) groups is 1. The zero-order chi connectivity index (χ0) is 23.3. The number of aromatic nitrogens is 1. The van der Waals surface area contributed by atoms with Gasteiger partial charge in [-0.2, -0.15) is 0 Å². The fourth-order valence-corrected chi connectivity index (χ4v) is 4.13. The second-order valence-electron chi connectivity index (χ2n) is 8.29. The number of benzene rings is 4. The molecule has 5 aromatic rings. The molecule has 0 saturated heterocycles. The van der Waals surface area contributed by atoms with Crippen molar-refractivity contribution in [2.24, 2.45) is 0 Å². The number of nitrogens with zero attached hydrogens (tertiary/aromatic N) is 1. The smallest absolute Gasteiger partial charge is 0.550 e. The van der Waals surface area contributed by atoms with Crippen molar-refractivity contribution in [2.45, 2.75) is 25.7 Å². The summed E-state index contributed by atoms with van der Waals surface area (Å²) in [6.07, 6.45) is 2.32. The van der Waals surface area contributed by atoms with Crippen molar-refractivity contribution in [3.05, 3.63) is 84.9 Å². The fourth-order valence-electron chi connectivity index (χ4n) is 4.13. The summed E-state index contributed by atoms with van der Waals surface area (Å²) >= 11 is 0. The largest absolute Gasteiger partial charge is 1.00 e. The molecule has 0 aliphatic heterocycles. The van der Waals surface area contributed by atoms with E-state index in [-0.39, 0.29) is 57.8 Å². The predicted molar refractivity (Wildman–Crippen MR) is 131 cm³/mol. The number of oxazole rings is 1. The third-order valence-electron chi connectivity index (χ3n) is 5.87. The SMILES string of the molecule is O=C([O-])CCCCCOc1ccc2c(-c3nc4cc(-c5ccccc5)ccc4o3)cccc2c1.[K+]. The maximum absolute atomic E-state index is 10.5. The number of aliphatic carboxylic acids is 1. The van der Waals surface area contributed by atoms with E-state index in [1.807, 2.05) is 60.7 Å². The Kier molecular flexibility index (Phi) is 8.76. The van der Waals surface area contributed by atoms with E-state index in [4.69, 9.17) is 14.1 Å². The van der Waals surface area contributed by atoms with Crippen LogP contribution in [0.3, 0.4) is 0 Å². The molecule has 0 atom stereocenters. The third kappa shape index (κ3) is 6.21. The molecule has 0 N–H and O–H groups in total. The summed E-state index contributed by atoms with van der Waals surface area (Å²) in [5.74, 6) is 0.379. The molecule has 1 heterocycles. The van der Waals surface area contributed by atoms with E-state index in [1.165, 1.54) is 0 Å². The molecule has 6 heteroatoms. The average molecular weight is 490 g/mol. The first kappa shape index (κ1) is 25.6. The molecule has 4 aromatic carbocycles. The first-order valence-corrected chi connectivity index (χ1v) is 11.5. The van der Waals surface area contributed by atoms with E-state index in [0.717, 1.165) is 57.2 Å². The van der Waals surface area contributed by atoms with Crippen molar-refractivity contribution in [1.82, 2.24) is 4.98 Å². The molecule has 0 amide bonds. The monoisotopic (exact) mass is 489 g/mol. The number of carboxylic acids is 1. The van der Waals surface area contributed by atoms with Gasteiger partial charge in [0, 0.05) is 11.5 Å². The minimum Gasteiger partial charge on any atom is -0.550 e. The van der Waals surface area contributed by atoms with Gasteiger partial charge in [0.05, 0.1) is 6.61 Å². The van der Waals surface area contributed by atoms with E-state index >= 15 is 0 Å². The molecule has 35 heavy (non-hydrogen) atoms. The number of hydrogen-bond donors (Lipinski definition) is 0.